The molecule has 10 heteroatoms. The topological polar surface area (TPSA) is 114 Å². The van der Waals surface area contributed by atoms with Crippen molar-refractivity contribution in [3.05, 3.63) is 60.8 Å². The number of quaternary nitrogens is 1. The average molecular weight is 1210 g/mol. The first kappa shape index (κ1) is 82.7. The summed E-state index contributed by atoms with van der Waals surface area (Å²) in [6.07, 6.45) is 83.5. The Morgan fingerprint density at radius 2 is 0.718 bits per heavy atom. The maximum Gasteiger partial charge on any atom is 0.306 e. The molecule has 0 spiro atoms. The summed E-state index contributed by atoms with van der Waals surface area (Å²) in [6.45, 7) is 6.83. The number of esters is 1. The molecule has 3 unspecified atom stereocenters. The first-order valence-electron chi connectivity index (χ1n) is 36.6. The molecule has 0 aromatic carbocycles. The fourth-order valence-corrected chi connectivity index (χ4v) is 11.5. The summed E-state index contributed by atoms with van der Waals surface area (Å²) in [5.41, 5.74) is 0. The molecule has 85 heavy (non-hydrogen) atoms. The van der Waals surface area contributed by atoms with E-state index in [1.54, 1.807) is 0 Å². The van der Waals surface area contributed by atoms with Crippen molar-refractivity contribution >= 4 is 19.7 Å². The Morgan fingerprint density at radius 1 is 0.412 bits per heavy atom. The van der Waals surface area contributed by atoms with Crippen molar-refractivity contribution in [1.82, 2.24) is 5.32 Å². The van der Waals surface area contributed by atoms with Crippen molar-refractivity contribution < 1.29 is 37.3 Å². The lowest BCUT2D eigenvalue weighted by Gasteiger charge is -2.30. The summed E-state index contributed by atoms with van der Waals surface area (Å²) in [5, 5.41) is 3.05. The quantitative estimate of drug-likeness (QED) is 0.0212. The molecular weight excluding hydrogens is 1070 g/mol. The van der Waals surface area contributed by atoms with Crippen LogP contribution in [0, 0.1) is 0 Å². The lowest BCUT2D eigenvalue weighted by molar-refractivity contribution is -0.870. The van der Waals surface area contributed by atoms with Crippen molar-refractivity contribution in [3.8, 4) is 0 Å². The fourth-order valence-electron chi connectivity index (χ4n) is 10.8. The van der Waals surface area contributed by atoms with Gasteiger partial charge in [-0.05, 0) is 96.0 Å². The van der Waals surface area contributed by atoms with E-state index in [0.29, 0.717) is 17.4 Å². The van der Waals surface area contributed by atoms with Gasteiger partial charge in [-0.25, -0.2) is 0 Å². The number of carbonyl (C=O) groups is 2. The van der Waals surface area contributed by atoms with Crippen LogP contribution in [0.2, 0.25) is 0 Å². The number of hydrogen-bond acceptors (Lipinski definition) is 7. The molecule has 3 atom stereocenters. The largest absolute Gasteiger partial charge is 0.756 e. The van der Waals surface area contributed by atoms with Gasteiger partial charge in [-0.3, -0.25) is 14.2 Å². The van der Waals surface area contributed by atoms with E-state index in [9.17, 15) is 19.0 Å². The van der Waals surface area contributed by atoms with E-state index < -0.39 is 20.0 Å². The van der Waals surface area contributed by atoms with Crippen LogP contribution in [-0.4, -0.2) is 69.4 Å². The number of phosphoric acid groups is 1. The normalized spacial score (nSPS) is 13.8. The molecule has 0 heterocycles. The van der Waals surface area contributed by atoms with Crippen LogP contribution < -0.4 is 10.2 Å². The Kier molecular flexibility index (Phi) is 62.9. The highest BCUT2D eigenvalue weighted by molar-refractivity contribution is 7.45. The smallest absolute Gasteiger partial charge is 0.306 e. The number of amides is 1. The maximum absolute atomic E-state index is 13.6. The number of allylic oxidation sites excluding steroid dienone is 9. The lowest BCUT2D eigenvalue weighted by atomic mass is 10.0. The van der Waals surface area contributed by atoms with Crippen LogP contribution in [0.4, 0.5) is 0 Å². The molecule has 0 fully saturated rings. The molecule has 0 aliphatic heterocycles. The summed E-state index contributed by atoms with van der Waals surface area (Å²) in [7, 11) is 1.19. The van der Waals surface area contributed by atoms with Gasteiger partial charge in [0.05, 0.1) is 33.8 Å². The van der Waals surface area contributed by atoms with Gasteiger partial charge in [0.15, 0.2) is 0 Å². The second kappa shape index (κ2) is 64.7. The number of carbonyl (C=O) groups excluding carboxylic acids is 2. The molecule has 0 saturated carbocycles. The lowest BCUT2D eigenvalue weighted by Crippen LogP contribution is -2.47. The van der Waals surface area contributed by atoms with Gasteiger partial charge >= 0.3 is 5.97 Å². The molecule has 0 aromatic heterocycles. The zero-order chi connectivity index (χ0) is 62.1. The standard InChI is InChI=1S/C75H141N2O7P/c1-7-10-13-16-19-22-25-27-29-31-33-35-36-37-38-39-40-42-43-45-47-49-52-55-58-61-64-67-74(78)76-72(71-83-85(80,81)82-70-69-77(4,5)6)73(66-63-60-57-54-51-24-21-18-15-12-9-3)84-75(79)68-65-62-59-56-53-50-48-46-44-41-34-32-30-28-26-23-20-17-14-11-8-2/h19-20,22-23,27-30,63,66,72-73H,7-18,21,24-26,31-62,64-65,67-71H2,1-6H3,(H-,76,78,80,81)/b22-19-,23-20-,29-27-,30-28-,66-63-. The Morgan fingerprint density at radius 3 is 1.08 bits per heavy atom. The van der Waals surface area contributed by atoms with Gasteiger partial charge in [0.1, 0.15) is 19.3 Å². The molecule has 0 saturated heterocycles. The Labute approximate surface area is 528 Å². The molecule has 0 aromatic rings. The fraction of sp³-hybridized carbons (Fsp3) is 0.840. The third-order valence-electron chi connectivity index (χ3n) is 16.4. The number of rotatable bonds is 67. The Hall–Kier alpha value is -2.29. The molecule has 0 radical (unpaired) electrons. The van der Waals surface area contributed by atoms with Crippen molar-refractivity contribution in [2.75, 3.05) is 40.9 Å². The summed E-state index contributed by atoms with van der Waals surface area (Å²) in [4.78, 5) is 40.2. The zero-order valence-electron chi connectivity index (χ0n) is 57.1. The van der Waals surface area contributed by atoms with Gasteiger partial charge in [0, 0.05) is 12.8 Å². The Bertz CT molecular complexity index is 1640. The van der Waals surface area contributed by atoms with Crippen LogP contribution in [0.25, 0.3) is 0 Å². The highest BCUT2D eigenvalue weighted by Crippen LogP contribution is 2.38. The minimum Gasteiger partial charge on any atom is -0.756 e. The second-order valence-electron chi connectivity index (χ2n) is 26.1. The third-order valence-corrected chi connectivity index (χ3v) is 17.4. The molecule has 0 bridgehead atoms. The van der Waals surface area contributed by atoms with Crippen LogP contribution >= 0.6 is 7.82 Å². The molecule has 1 N–H and O–H groups in total. The van der Waals surface area contributed by atoms with E-state index in [1.807, 2.05) is 33.3 Å². The molecule has 9 nitrogen and oxygen atoms in total. The molecule has 1 amide bonds. The average Bonchev–Trinajstić information content (AvgIpc) is 3.64. The van der Waals surface area contributed by atoms with Gasteiger partial charge in [-0.15, -0.1) is 0 Å². The SMILES string of the molecule is CCCCC/C=C\C/C=C\CCCCCCCCCCCCCCCCCCCC(=O)NC(COP(=O)([O-])OCC[N+](C)(C)C)C(/C=C\CCCCCCCCCCC)OC(=O)CCCCCCCCCCCCC/C=C\C/C=C\CCCCC. The van der Waals surface area contributed by atoms with Crippen LogP contribution in [-0.2, 0) is 27.9 Å². The van der Waals surface area contributed by atoms with Gasteiger partial charge in [-0.1, -0.05) is 307 Å². The Balaban J connectivity index is 4.94. The van der Waals surface area contributed by atoms with Crippen LogP contribution in [0.15, 0.2) is 60.8 Å². The number of nitrogens with one attached hydrogen (secondary N) is 1. The van der Waals surface area contributed by atoms with Crippen molar-refractivity contribution in [1.29, 1.82) is 0 Å². The number of ether oxygens (including phenoxy) is 1. The number of hydrogen-bond donors (Lipinski definition) is 1. The molecule has 0 rings (SSSR count). The molecule has 0 aliphatic rings. The van der Waals surface area contributed by atoms with Crippen LogP contribution in [0.3, 0.4) is 0 Å². The minimum atomic E-state index is -4.70. The number of likely N-dealkylation sites (N-methyl/N-ethyl adjacent to an activating group) is 1. The second-order valence-corrected chi connectivity index (χ2v) is 27.5. The van der Waals surface area contributed by atoms with E-state index >= 15 is 0 Å². The monoisotopic (exact) mass is 1210 g/mol. The predicted octanol–water partition coefficient (Wildman–Crippen LogP) is 22.7. The number of phosphoric ester groups is 1. The summed E-state index contributed by atoms with van der Waals surface area (Å²) >= 11 is 0. The van der Waals surface area contributed by atoms with Gasteiger partial charge in [-0.2, -0.15) is 0 Å². The summed E-state index contributed by atoms with van der Waals surface area (Å²) in [6, 6.07) is -0.889. The first-order chi connectivity index (χ1) is 41.4. The zero-order valence-corrected chi connectivity index (χ0v) is 58.0. The van der Waals surface area contributed by atoms with E-state index in [4.69, 9.17) is 13.8 Å². The maximum atomic E-state index is 13.6. The van der Waals surface area contributed by atoms with Crippen LogP contribution in [0.1, 0.15) is 355 Å². The van der Waals surface area contributed by atoms with E-state index in [-0.39, 0.29) is 31.5 Å². The van der Waals surface area contributed by atoms with Gasteiger partial charge < -0.3 is 28.5 Å². The molecular formula is C75H141N2O7P. The number of unbranched alkanes of at least 4 members (excludes halogenated alkanes) is 43. The van der Waals surface area contributed by atoms with Crippen molar-refractivity contribution in [2.24, 2.45) is 0 Å². The van der Waals surface area contributed by atoms with Gasteiger partial charge in [0.25, 0.3) is 7.82 Å². The minimum absolute atomic E-state index is 0.0218. The molecule has 498 valence electrons. The van der Waals surface area contributed by atoms with Crippen LogP contribution in [0.5, 0.6) is 0 Å². The van der Waals surface area contributed by atoms with E-state index in [0.717, 1.165) is 70.6 Å². The van der Waals surface area contributed by atoms with E-state index in [1.165, 1.54) is 250 Å². The van der Waals surface area contributed by atoms with E-state index in [2.05, 4.69) is 74.7 Å². The highest BCUT2D eigenvalue weighted by Gasteiger charge is 2.27. The molecule has 0 aliphatic carbocycles. The summed E-state index contributed by atoms with van der Waals surface area (Å²) in [5.74, 6) is -0.529. The van der Waals surface area contributed by atoms with Crippen molar-refractivity contribution in [2.45, 2.75) is 367 Å². The van der Waals surface area contributed by atoms with Gasteiger partial charge in [0.2, 0.25) is 5.91 Å². The predicted molar refractivity (Wildman–Crippen MR) is 367 cm³/mol. The van der Waals surface area contributed by atoms with Crippen molar-refractivity contribution in [3.63, 3.8) is 0 Å². The summed E-state index contributed by atoms with van der Waals surface area (Å²) < 4.78 is 30.5. The highest BCUT2D eigenvalue weighted by atomic mass is 31.2. The first-order valence-corrected chi connectivity index (χ1v) is 38.1. The number of nitrogens with zero attached hydrogens (tertiary/aromatic N) is 1. The third kappa shape index (κ3) is 66.0.